The Kier molecular flexibility index (Phi) is 8.10. The summed E-state index contributed by atoms with van der Waals surface area (Å²) in [6, 6.07) is 65.8. The molecule has 1 saturated carbocycles. The largest absolute Gasteiger partial charge is 0.228 e. The van der Waals surface area contributed by atoms with E-state index in [0.717, 1.165) is 39.5 Å². The molecule has 0 bridgehead atoms. The quantitative estimate of drug-likeness (QED) is 0.173. The Hall–Kier alpha value is -6.38. The lowest BCUT2D eigenvalue weighted by Gasteiger charge is -2.36. The molecule has 258 valence electrons. The summed E-state index contributed by atoms with van der Waals surface area (Å²) in [5.74, 6) is 0.725. The summed E-state index contributed by atoms with van der Waals surface area (Å²) in [7, 11) is 0. The first kappa shape index (κ1) is 32.3. The molecule has 0 N–H and O–H groups in total. The second-order valence-electron chi connectivity index (χ2n) is 14.9. The minimum Gasteiger partial charge on any atom is -0.228 e. The Morgan fingerprint density at radius 1 is 0.315 bits per heavy atom. The van der Waals surface area contributed by atoms with Crippen molar-refractivity contribution in [1.29, 1.82) is 0 Å². The number of benzene rings is 7. The Balaban J connectivity index is 0.923. The summed E-state index contributed by atoms with van der Waals surface area (Å²) < 4.78 is 0. The fourth-order valence-corrected chi connectivity index (χ4v) is 8.97. The standard InChI is InChI=1S/C52H40N2/c1-4-13-40(14-5-1)49-35-50(54-51(53-49)41-15-6-2-7-16-41)44-18-12-17-42(33-44)38-25-21-36(22-26-38)37-23-27-39(28-24-37)43-29-30-46-45-19-8-9-20-47(45)52(48(46)34-43)31-10-3-11-32-52/h1-2,4-9,12-30,33-35H,3,10-11,31-32H2. The third-order valence-electron chi connectivity index (χ3n) is 11.7. The van der Waals surface area contributed by atoms with Crippen molar-refractivity contribution in [2.45, 2.75) is 37.5 Å². The second-order valence-corrected chi connectivity index (χ2v) is 14.9. The highest BCUT2D eigenvalue weighted by atomic mass is 14.9. The lowest BCUT2D eigenvalue weighted by molar-refractivity contribution is 0.353. The molecule has 10 rings (SSSR count). The predicted octanol–water partition coefficient (Wildman–Crippen LogP) is 13.7. The molecule has 1 fully saturated rings. The molecular weight excluding hydrogens is 653 g/mol. The Labute approximate surface area is 317 Å². The maximum absolute atomic E-state index is 5.05. The van der Waals surface area contributed by atoms with Crippen molar-refractivity contribution < 1.29 is 0 Å². The lowest BCUT2D eigenvalue weighted by atomic mass is 9.67. The molecule has 7 aromatic carbocycles. The van der Waals surface area contributed by atoms with Crippen LogP contribution in [0.5, 0.6) is 0 Å². The molecule has 0 saturated heterocycles. The highest BCUT2D eigenvalue weighted by Gasteiger charge is 2.43. The van der Waals surface area contributed by atoms with E-state index < -0.39 is 0 Å². The Morgan fingerprint density at radius 2 is 0.796 bits per heavy atom. The lowest BCUT2D eigenvalue weighted by Crippen LogP contribution is -2.28. The van der Waals surface area contributed by atoms with Crippen LogP contribution in [0.1, 0.15) is 43.2 Å². The fraction of sp³-hybridized carbons (Fsp3) is 0.115. The summed E-state index contributed by atoms with van der Waals surface area (Å²) >= 11 is 0. The van der Waals surface area contributed by atoms with Gasteiger partial charge in [-0.2, -0.15) is 0 Å². The fourth-order valence-electron chi connectivity index (χ4n) is 8.97. The molecule has 1 spiro atoms. The SMILES string of the molecule is c1ccc(-c2cc(-c3cccc(-c4ccc(-c5ccc(-c6ccc7c(c6)C6(CCCCC6)c6ccccc6-7)cc5)cc4)c3)nc(-c3ccccc3)n2)cc1. The Bertz CT molecular complexity index is 2540. The molecule has 2 aliphatic carbocycles. The normalized spacial score (nSPS) is 14.1. The molecule has 0 unspecified atom stereocenters. The molecule has 1 heterocycles. The van der Waals surface area contributed by atoms with E-state index in [-0.39, 0.29) is 5.41 Å². The topological polar surface area (TPSA) is 25.8 Å². The van der Waals surface area contributed by atoms with Crippen LogP contribution in [-0.4, -0.2) is 9.97 Å². The number of aromatic nitrogens is 2. The van der Waals surface area contributed by atoms with Crippen LogP contribution in [0.2, 0.25) is 0 Å². The zero-order valence-corrected chi connectivity index (χ0v) is 30.3. The van der Waals surface area contributed by atoms with Crippen LogP contribution in [0.15, 0.2) is 182 Å². The van der Waals surface area contributed by atoms with Gasteiger partial charge < -0.3 is 0 Å². The van der Waals surface area contributed by atoms with Gasteiger partial charge >= 0.3 is 0 Å². The summed E-state index contributed by atoms with van der Waals surface area (Å²) in [5, 5.41) is 0. The molecule has 0 aliphatic heterocycles. The van der Waals surface area contributed by atoms with Crippen molar-refractivity contribution in [2.24, 2.45) is 0 Å². The maximum Gasteiger partial charge on any atom is 0.160 e. The predicted molar refractivity (Wildman–Crippen MR) is 224 cm³/mol. The van der Waals surface area contributed by atoms with Gasteiger partial charge in [-0.15, -0.1) is 0 Å². The van der Waals surface area contributed by atoms with Crippen molar-refractivity contribution in [2.75, 3.05) is 0 Å². The molecule has 1 aromatic heterocycles. The first-order valence-electron chi connectivity index (χ1n) is 19.3. The Morgan fingerprint density at radius 3 is 1.46 bits per heavy atom. The highest BCUT2D eigenvalue weighted by molar-refractivity contribution is 5.85. The van der Waals surface area contributed by atoms with Crippen LogP contribution in [0.25, 0.3) is 78.4 Å². The van der Waals surface area contributed by atoms with Gasteiger partial charge in [0, 0.05) is 22.1 Å². The number of fused-ring (bicyclic) bond motifs is 5. The molecule has 54 heavy (non-hydrogen) atoms. The van der Waals surface area contributed by atoms with E-state index in [1.807, 2.05) is 24.3 Å². The molecule has 0 amide bonds. The van der Waals surface area contributed by atoms with Gasteiger partial charge in [-0.3, -0.25) is 0 Å². The monoisotopic (exact) mass is 692 g/mol. The van der Waals surface area contributed by atoms with Crippen LogP contribution >= 0.6 is 0 Å². The molecule has 2 heteroatoms. The van der Waals surface area contributed by atoms with Crippen molar-refractivity contribution >= 4 is 0 Å². The van der Waals surface area contributed by atoms with E-state index in [9.17, 15) is 0 Å². The van der Waals surface area contributed by atoms with Crippen molar-refractivity contribution in [3.05, 3.63) is 193 Å². The molecule has 2 aliphatic rings. The molecule has 2 nitrogen and oxygen atoms in total. The number of hydrogen-bond donors (Lipinski definition) is 0. The first-order valence-corrected chi connectivity index (χ1v) is 19.3. The average molecular weight is 693 g/mol. The van der Waals surface area contributed by atoms with E-state index in [0.29, 0.717) is 0 Å². The van der Waals surface area contributed by atoms with E-state index in [2.05, 4.69) is 158 Å². The van der Waals surface area contributed by atoms with Crippen molar-refractivity contribution in [1.82, 2.24) is 9.97 Å². The third kappa shape index (κ3) is 5.76. The number of hydrogen-bond acceptors (Lipinski definition) is 2. The second kappa shape index (κ2) is 13.5. The summed E-state index contributed by atoms with van der Waals surface area (Å²) in [4.78, 5) is 10.0. The van der Waals surface area contributed by atoms with Crippen LogP contribution in [-0.2, 0) is 5.41 Å². The van der Waals surface area contributed by atoms with E-state index in [1.165, 1.54) is 76.6 Å². The average Bonchev–Trinajstić information content (AvgIpc) is 3.52. The summed E-state index contributed by atoms with van der Waals surface area (Å²) in [5.41, 5.74) is 18.4. The maximum atomic E-state index is 5.05. The number of rotatable bonds is 6. The molecule has 0 radical (unpaired) electrons. The van der Waals surface area contributed by atoms with Gasteiger partial charge in [-0.25, -0.2) is 9.97 Å². The molecular formula is C52H40N2. The van der Waals surface area contributed by atoms with E-state index in [4.69, 9.17) is 9.97 Å². The van der Waals surface area contributed by atoms with Gasteiger partial charge in [0.1, 0.15) is 0 Å². The number of nitrogens with zero attached hydrogens (tertiary/aromatic N) is 2. The third-order valence-corrected chi connectivity index (χ3v) is 11.7. The van der Waals surface area contributed by atoms with Crippen LogP contribution in [0.3, 0.4) is 0 Å². The van der Waals surface area contributed by atoms with Gasteiger partial charge in [0.2, 0.25) is 0 Å². The van der Waals surface area contributed by atoms with Crippen molar-refractivity contribution in [3.8, 4) is 78.4 Å². The van der Waals surface area contributed by atoms with Crippen LogP contribution < -0.4 is 0 Å². The van der Waals surface area contributed by atoms with E-state index in [1.54, 1.807) is 5.56 Å². The van der Waals surface area contributed by atoms with Crippen LogP contribution in [0.4, 0.5) is 0 Å². The summed E-state index contributed by atoms with van der Waals surface area (Å²) in [6.07, 6.45) is 6.48. The zero-order valence-electron chi connectivity index (χ0n) is 30.3. The minimum atomic E-state index is 0.173. The molecule has 8 aromatic rings. The van der Waals surface area contributed by atoms with Gasteiger partial charge in [0.05, 0.1) is 11.4 Å². The minimum absolute atomic E-state index is 0.173. The highest BCUT2D eigenvalue weighted by Crippen LogP contribution is 2.56. The van der Waals surface area contributed by atoms with E-state index >= 15 is 0 Å². The zero-order chi connectivity index (χ0) is 35.9. The van der Waals surface area contributed by atoms with Gasteiger partial charge in [-0.1, -0.05) is 183 Å². The van der Waals surface area contributed by atoms with Crippen molar-refractivity contribution in [3.63, 3.8) is 0 Å². The van der Waals surface area contributed by atoms with Gasteiger partial charge in [-0.05, 0) is 86.7 Å². The van der Waals surface area contributed by atoms with Crippen LogP contribution in [0, 0.1) is 0 Å². The van der Waals surface area contributed by atoms with Gasteiger partial charge in [0.15, 0.2) is 5.82 Å². The first-order chi connectivity index (χ1) is 26.7. The smallest absolute Gasteiger partial charge is 0.160 e. The molecule has 0 atom stereocenters. The summed E-state index contributed by atoms with van der Waals surface area (Å²) in [6.45, 7) is 0. The van der Waals surface area contributed by atoms with Gasteiger partial charge in [0.25, 0.3) is 0 Å².